The van der Waals surface area contributed by atoms with Crippen LogP contribution in [-0.2, 0) is 6.42 Å². The third kappa shape index (κ3) is 3.56. The zero-order valence-electron chi connectivity index (χ0n) is 12.1. The van der Waals surface area contributed by atoms with Crippen molar-refractivity contribution in [1.82, 2.24) is 10.2 Å². The van der Waals surface area contributed by atoms with Gasteiger partial charge in [0.05, 0.1) is 0 Å². The van der Waals surface area contributed by atoms with E-state index in [1.54, 1.807) is 0 Å². The fourth-order valence-electron chi connectivity index (χ4n) is 2.72. The summed E-state index contributed by atoms with van der Waals surface area (Å²) in [6.07, 6.45) is 2.50. The first kappa shape index (κ1) is 13.6. The average molecular weight is 246 g/mol. The molecule has 0 unspecified atom stereocenters. The van der Waals surface area contributed by atoms with Crippen molar-refractivity contribution in [2.45, 2.75) is 33.6 Å². The molecule has 1 saturated heterocycles. The van der Waals surface area contributed by atoms with Crippen molar-refractivity contribution in [1.29, 1.82) is 0 Å². The highest BCUT2D eigenvalue weighted by Gasteiger charge is 2.09. The number of piperazine rings is 1. The second-order valence-electron chi connectivity index (χ2n) is 5.56. The lowest BCUT2D eigenvalue weighted by Gasteiger charge is -2.27. The highest BCUT2D eigenvalue weighted by molar-refractivity contribution is 5.36. The van der Waals surface area contributed by atoms with Gasteiger partial charge in [-0.15, -0.1) is 0 Å². The Balaban J connectivity index is 1.84. The zero-order chi connectivity index (χ0) is 13.0. The summed E-state index contributed by atoms with van der Waals surface area (Å²) in [5, 5.41) is 3.40. The third-order valence-electron chi connectivity index (χ3n) is 4.08. The van der Waals surface area contributed by atoms with E-state index in [0.29, 0.717) is 0 Å². The van der Waals surface area contributed by atoms with Gasteiger partial charge in [0.25, 0.3) is 0 Å². The Morgan fingerprint density at radius 2 is 1.67 bits per heavy atom. The van der Waals surface area contributed by atoms with Crippen LogP contribution in [0.15, 0.2) is 12.1 Å². The summed E-state index contributed by atoms with van der Waals surface area (Å²) in [7, 11) is 0. The molecular formula is C16H26N2. The summed E-state index contributed by atoms with van der Waals surface area (Å²) in [6.45, 7) is 12.6. The second kappa shape index (κ2) is 6.35. The summed E-state index contributed by atoms with van der Waals surface area (Å²) in [4.78, 5) is 2.58. The van der Waals surface area contributed by atoms with Gasteiger partial charge in [-0.05, 0) is 62.4 Å². The van der Waals surface area contributed by atoms with E-state index in [0.717, 1.165) is 13.1 Å². The van der Waals surface area contributed by atoms with E-state index in [1.807, 2.05) is 0 Å². The first-order chi connectivity index (χ1) is 8.66. The zero-order valence-corrected chi connectivity index (χ0v) is 12.1. The molecule has 0 spiro atoms. The minimum atomic E-state index is 1.16. The highest BCUT2D eigenvalue weighted by Crippen LogP contribution is 2.17. The first-order valence-electron chi connectivity index (χ1n) is 7.16. The van der Waals surface area contributed by atoms with Crippen molar-refractivity contribution in [2.75, 3.05) is 32.7 Å². The normalized spacial score (nSPS) is 17.1. The number of benzene rings is 1. The van der Waals surface area contributed by atoms with Gasteiger partial charge in [0.15, 0.2) is 0 Å². The van der Waals surface area contributed by atoms with E-state index in [1.165, 1.54) is 54.7 Å². The van der Waals surface area contributed by atoms with Crippen molar-refractivity contribution in [2.24, 2.45) is 0 Å². The maximum Gasteiger partial charge on any atom is 0.0107 e. The lowest BCUT2D eigenvalue weighted by atomic mass is 9.98. The van der Waals surface area contributed by atoms with E-state index < -0.39 is 0 Å². The summed E-state index contributed by atoms with van der Waals surface area (Å²) in [5.41, 5.74) is 5.84. The number of aryl methyl sites for hydroxylation is 4. The van der Waals surface area contributed by atoms with E-state index in [4.69, 9.17) is 0 Å². The van der Waals surface area contributed by atoms with Crippen LogP contribution in [0.1, 0.15) is 28.7 Å². The summed E-state index contributed by atoms with van der Waals surface area (Å²) in [6, 6.07) is 4.71. The molecule has 1 aliphatic rings. The van der Waals surface area contributed by atoms with Gasteiger partial charge < -0.3 is 10.2 Å². The van der Waals surface area contributed by atoms with Crippen LogP contribution in [0.3, 0.4) is 0 Å². The number of hydrogen-bond donors (Lipinski definition) is 1. The van der Waals surface area contributed by atoms with Gasteiger partial charge in [0, 0.05) is 26.2 Å². The van der Waals surface area contributed by atoms with Crippen LogP contribution in [-0.4, -0.2) is 37.6 Å². The quantitative estimate of drug-likeness (QED) is 0.878. The number of rotatable bonds is 4. The minimum absolute atomic E-state index is 1.16. The molecule has 2 rings (SSSR count). The van der Waals surface area contributed by atoms with Crippen LogP contribution < -0.4 is 5.32 Å². The van der Waals surface area contributed by atoms with E-state index >= 15 is 0 Å². The van der Waals surface area contributed by atoms with Crippen LogP contribution in [0.5, 0.6) is 0 Å². The molecule has 1 aliphatic heterocycles. The van der Waals surface area contributed by atoms with E-state index in [9.17, 15) is 0 Å². The fourth-order valence-corrected chi connectivity index (χ4v) is 2.72. The Bertz CT molecular complexity index is 392. The summed E-state index contributed by atoms with van der Waals surface area (Å²) < 4.78 is 0. The van der Waals surface area contributed by atoms with Crippen molar-refractivity contribution in [3.8, 4) is 0 Å². The molecule has 1 aromatic carbocycles. The van der Waals surface area contributed by atoms with Gasteiger partial charge >= 0.3 is 0 Å². The van der Waals surface area contributed by atoms with Gasteiger partial charge in [-0.2, -0.15) is 0 Å². The molecule has 2 nitrogen and oxygen atoms in total. The number of nitrogens with one attached hydrogen (secondary N) is 1. The minimum Gasteiger partial charge on any atom is -0.314 e. The van der Waals surface area contributed by atoms with Crippen molar-refractivity contribution < 1.29 is 0 Å². The number of nitrogens with zero attached hydrogens (tertiary/aromatic N) is 1. The molecule has 0 aromatic heterocycles. The SMILES string of the molecule is Cc1cc(C)c(CCCN2CCNCC2)cc1C. The van der Waals surface area contributed by atoms with E-state index in [2.05, 4.69) is 43.1 Å². The second-order valence-corrected chi connectivity index (χ2v) is 5.56. The van der Waals surface area contributed by atoms with Gasteiger partial charge in [-0.3, -0.25) is 0 Å². The van der Waals surface area contributed by atoms with Gasteiger partial charge in [0.2, 0.25) is 0 Å². The summed E-state index contributed by atoms with van der Waals surface area (Å²) >= 11 is 0. The Hall–Kier alpha value is -0.860. The molecule has 0 atom stereocenters. The molecule has 1 fully saturated rings. The average Bonchev–Trinajstić information content (AvgIpc) is 2.37. The van der Waals surface area contributed by atoms with Crippen molar-refractivity contribution >= 4 is 0 Å². The smallest absolute Gasteiger partial charge is 0.0107 e. The molecule has 0 saturated carbocycles. The predicted molar refractivity (Wildman–Crippen MR) is 78.3 cm³/mol. The van der Waals surface area contributed by atoms with Crippen LogP contribution >= 0.6 is 0 Å². The fraction of sp³-hybridized carbons (Fsp3) is 0.625. The topological polar surface area (TPSA) is 15.3 Å². The molecule has 100 valence electrons. The van der Waals surface area contributed by atoms with Crippen LogP contribution in [0, 0.1) is 20.8 Å². The van der Waals surface area contributed by atoms with E-state index in [-0.39, 0.29) is 0 Å². The first-order valence-corrected chi connectivity index (χ1v) is 7.16. The maximum absolute atomic E-state index is 3.40. The largest absolute Gasteiger partial charge is 0.314 e. The summed E-state index contributed by atoms with van der Waals surface area (Å²) in [5.74, 6) is 0. The molecule has 0 amide bonds. The van der Waals surface area contributed by atoms with Gasteiger partial charge in [0.1, 0.15) is 0 Å². The Morgan fingerprint density at radius 3 is 2.39 bits per heavy atom. The molecule has 2 heteroatoms. The molecule has 0 radical (unpaired) electrons. The molecule has 1 N–H and O–H groups in total. The lowest BCUT2D eigenvalue weighted by Crippen LogP contribution is -2.43. The molecule has 1 heterocycles. The van der Waals surface area contributed by atoms with Gasteiger partial charge in [-0.25, -0.2) is 0 Å². The molecule has 0 aliphatic carbocycles. The Labute approximate surface area is 111 Å². The van der Waals surface area contributed by atoms with Crippen LogP contribution in [0.2, 0.25) is 0 Å². The molecule has 18 heavy (non-hydrogen) atoms. The maximum atomic E-state index is 3.40. The molecule has 1 aromatic rings. The van der Waals surface area contributed by atoms with Crippen molar-refractivity contribution in [3.63, 3.8) is 0 Å². The van der Waals surface area contributed by atoms with Crippen LogP contribution in [0.25, 0.3) is 0 Å². The number of hydrogen-bond acceptors (Lipinski definition) is 2. The molecular weight excluding hydrogens is 220 g/mol. The standard InChI is InChI=1S/C16H26N2/c1-13-11-15(3)16(12-14(13)2)5-4-8-18-9-6-17-7-10-18/h11-12,17H,4-10H2,1-3H3. The van der Waals surface area contributed by atoms with Crippen molar-refractivity contribution in [3.05, 3.63) is 34.4 Å². The predicted octanol–water partition coefficient (Wildman–Crippen LogP) is 2.45. The third-order valence-corrected chi connectivity index (χ3v) is 4.08. The van der Waals surface area contributed by atoms with Gasteiger partial charge in [-0.1, -0.05) is 12.1 Å². The monoisotopic (exact) mass is 246 g/mol. The highest BCUT2D eigenvalue weighted by atomic mass is 15.2. The lowest BCUT2D eigenvalue weighted by molar-refractivity contribution is 0.238. The molecule has 0 bridgehead atoms. The Morgan fingerprint density at radius 1 is 1.00 bits per heavy atom. The Kier molecular flexibility index (Phi) is 4.79. The van der Waals surface area contributed by atoms with Crippen LogP contribution in [0.4, 0.5) is 0 Å².